The molecule has 52 heavy (non-hydrogen) atoms. The SMILES string of the molecule is CC1c2ccc(C(=O)NCc3c(F)cc(F)cc3F)cc2N(Cc2c(F)cc(OC(=O)N(C)CCC(=O)OCc3ccccc3)cc2F)C(=O)N1C. The molecule has 5 rings (SSSR count). The van der Waals surface area contributed by atoms with Crippen LogP contribution in [0.4, 0.5) is 37.2 Å². The van der Waals surface area contributed by atoms with Gasteiger partial charge in [0.2, 0.25) is 0 Å². The van der Waals surface area contributed by atoms with E-state index >= 15 is 8.78 Å². The maximum atomic E-state index is 15.4. The molecule has 1 atom stereocenters. The van der Waals surface area contributed by atoms with Gasteiger partial charge in [0.15, 0.2) is 0 Å². The third kappa shape index (κ3) is 8.48. The molecule has 0 aromatic heterocycles. The van der Waals surface area contributed by atoms with Crippen LogP contribution in [-0.2, 0) is 29.2 Å². The van der Waals surface area contributed by atoms with Gasteiger partial charge >= 0.3 is 18.1 Å². The van der Waals surface area contributed by atoms with E-state index in [-0.39, 0.29) is 30.8 Å². The molecular weight excluding hydrogens is 691 g/mol. The molecule has 4 aromatic rings. The molecule has 0 bridgehead atoms. The van der Waals surface area contributed by atoms with Crippen molar-refractivity contribution in [3.05, 3.63) is 130 Å². The Balaban J connectivity index is 1.26. The number of esters is 1. The quantitative estimate of drug-likeness (QED) is 0.132. The summed E-state index contributed by atoms with van der Waals surface area (Å²) in [7, 11) is 2.82. The molecule has 1 aliphatic heterocycles. The minimum Gasteiger partial charge on any atom is -0.461 e. The number of hydrogen-bond acceptors (Lipinski definition) is 6. The number of carbonyl (C=O) groups is 4. The number of ether oxygens (including phenoxy) is 2. The topological polar surface area (TPSA) is 108 Å². The maximum Gasteiger partial charge on any atom is 0.414 e. The number of nitrogens with one attached hydrogen (secondary N) is 1. The first kappa shape index (κ1) is 37.3. The van der Waals surface area contributed by atoms with Crippen molar-refractivity contribution in [1.29, 1.82) is 0 Å². The first-order valence-corrected chi connectivity index (χ1v) is 15.9. The van der Waals surface area contributed by atoms with Gasteiger partial charge in [0.1, 0.15) is 41.4 Å². The van der Waals surface area contributed by atoms with Gasteiger partial charge in [-0.1, -0.05) is 36.4 Å². The van der Waals surface area contributed by atoms with E-state index in [9.17, 15) is 32.3 Å². The molecule has 10 nitrogen and oxygen atoms in total. The number of anilines is 1. The Morgan fingerprint density at radius 3 is 2.15 bits per heavy atom. The number of nitrogens with zero attached hydrogens (tertiary/aromatic N) is 3. The maximum absolute atomic E-state index is 15.4. The smallest absolute Gasteiger partial charge is 0.414 e. The molecule has 4 aromatic carbocycles. The summed E-state index contributed by atoms with van der Waals surface area (Å²) in [6.07, 6.45) is -1.15. The van der Waals surface area contributed by atoms with Crippen LogP contribution in [-0.4, -0.2) is 54.4 Å². The van der Waals surface area contributed by atoms with Crippen molar-refractivity contribution >= 4 is 29.7 Å². The average Bonchev–Trinajstić information content (AvgIpc) is 3.11. The summed E-state index contributed by atoms with van der Waals surface area (Å²) in [5, 5.41) is 2.35. The number of carbonyl (C=O) groups excluding carboxylic acids is 4. The molecule has 4 amide bonds. The van der Waals surface area contributed by atoms with E-state index in [0.717, 1.165) is 27.5 Å². The second-order valence-corrected chi connectivity index (χ2v) is 12.0. The minimum atomic E-state index is -1.19. The summed E-state index contributed by atoms with van der Waals surface area (Å²) in [6.45, 7) is 0.431. The molecule has 15 heteroatoms. The summed E-state index contributed by atoms with van der Waals surface area (Å²) in [6, 6.07) is 14.6. The lowest BCUT2D eigenvalue weighted by Gasteiger charge is -2.39. The van der Waals surface area contributed by atoms with Gasteiger partial charge in [0.05, 0.1) is 24.7 Å². The summed E-state index contributed by atoms with van der Waals surface area (Å²) in [5.41, 5.74) is 0.331. The van der Waals surface area contributed by atoms with Crippen LogP contribution in [0.15, 0.2) is 72.8 Å². The van der Waals surface area contributed by atoms with Gasteiger partial charge in [0, 0.05) is 68.1 Å². The van der Waals surface area contributed by atoms with Crippen molar-refractivity contribution in [3.8, 4) is 5.75 Å². The molecule has 0 fully saturated rings. The molecule has 1 heterocycles. The molecule has 0 saturated carbocycles. The monoisotopic (exact) mass is 724 g/mol. The van der Waals surface area contributed by atoms with Gasteiger partial charge in [-0.25, -0.2) is 31.5 Å². The van der Waals surface area contributed by atoms with Crippen LogP contribution in [0.3, 0.4) is 0 Å². The van der Waals surface area contributed by atoms with Crippen LogP contribution >= 0.6 is 0 Å². The second kappa shape index (κ2) is 15.9. The Morgan fingerprint density at radius 1 is 0.865 bits per heavy atom. The Morgan fingerprint density at radius 2 is 1.50 bits per heavy atom. The van der Waals surface area contributed by atoms with E-state index < -0.39 is 89.1 Å². The fourth-order valence-electron chi connectivity index (χ4n) is 5.39. The van der Waals surface area contributed by atoms with E-state index in [1.165, 1.54) is 31.1 Å². The lowest BCUT2D eigenvalue weighted by molar-refractivity contribution is -0.145. The Bertz CT molecular complexity index is 1970. The van der Waals surface area contributed by atoms with Crippen molar-refractivity contribution < 1.29 is 50.6 Å². The van der Waals surface area contributed by atoms with Crippen LogP contribution in [0.2, 0.25) is 0 Å². The van der Waals surface area contributed by atoms with Crippen molar-refractivity contribution in [3.63, 3.8) is 0 Å². The van der Waals surface area contributed by atoms with E-state index in [1.807, 2.05) is 6.07 Å². The molecule has 272 valence electrons. The van der Waals surface area contributed by atoms with Crippen molar-refractivity contribution in [2.45, 2.75) is 39.1 Å². The van der Waals surface area contributed by atoms with Gasteiger partial charge in [-0.15, -0.1) is 0 Å². The van der Waals surface area contributed by atoms with E-state index in [4.69, 9.17) is 9.47 Å². The Kier molecular flexibility index (Phi) is 11.4. The first-order chi connectivity index (χ1) is 24.7. The highest BCUT2D eigenvalue weighted by atomic mass is 19.2. The predicted octanol–water partition coefficient (Wildman–Crippen LogP) is 7.01. The number of hydrogen-bond donors (Lipinski definition) is 1. The van der Waals surface area contributed by atoms with Gasteiger partial charge in [0.25, 0.3) is 5.91 Å². The van der Waals surface area contributed by atoms with Gasteiger partial charge in [-0.2, -0.15) is 0 Å². The molecule has 0 spiro atoms. The van der Waals surface area contributed by atoms with Crippen LogP contribution in [0, 0.1) is 29.1 Å². The Hall–Kier alpha value is -5.99. The average molecular weight is 725 g/mol. The third-order valence-electron chi connectivity index (χ3n) is 8.52. The summed E-state index contributed by atoms with van der Waals surface area (Å²) < 4.78 is 82.6. The molecule has 1 aliphatic rings. The first-order valence-electron chi connectivity index (χ1n) is 15.9. The zero-order valence-corrected chi connectivity index (χ0v) is 28.2. The largest absolute Gasteiger partial charge is 0.461 e. The number of benzene rings is 4. The van der Waals surface area contributed by atoms with Gasteiger partial charge in [-0.3, -0.25) is 14.5 Å². The molecule has 0 saturated heterocycles. The molecular formula is C37H33F5N4O6. The van der Waals surface area contributed by atoms with Crippen LogP contribution in [0.25, 0.3) is 0 Å². The lowest BCUT2D eigenvalue weighted by atomic mass is 9.98. The molecule has 0 radical (unpaired) electrons. The number of rotatable bonds is 11. The zero-order valence-electron chi connectivity index (χ0n) is 28.2. The Labute approximate surface area is 295 Å². The lowest BCUT2D eigenvalue weighted by Crippen LogP contribution is -2.47. The van der Waals surface area contributed by atoms with E-state index in [2.05, 4.69) is 5.32 Å². The number of amides is 4. The number of urea groups is 1. The molecule has 1 N–H and O–H groups in total. The van der Waals surface area contributed by atoms with Crippen LogP contribution in [0.5, 0.6) is 5.75 Å². The normalized spacial score (nSPS) is 13.8. The molecule has 0 aliphatic carbocycles. The third-order valence-corrected chi connectivity index (χ3v) is 8.52. The van der Waals surface area contributed by atoms with Crippen molar-refractivity contribution in [2.75, 3.05) is 25.5 Å². The van der Waals surface area contributed by atoms with Gasteiger partial charge in [-0.05, 0) is 30.2 Å². The summed E-state index contributed by atoms with van der Waals surface area (Å²) in [5.74, 6) is -7.59. The fourth-order valence-corrected chi connectivity index (χ4v) is 5.39. The zero-order chi connectivity index (χ0) is 37.7. The highest BCUT2D eigenvalue weighted by Crippen LogP contribution is 2.38. The van der Waals surface area contributed by atoms with Crippen LogP contribution < -0.4 is 15.0 Å². The van der Waals surface area contributed by atoms with E-state index in [1.54, 1.807) is 37.3 Å². The second-order valence-electron chi connectivity index (χ2n) is 12.0. The van der Waals surface area contributed by atoms with Crippen molar-refractivity contribution in [2.24, 2.45) is 0 Å². The highest BCUT2D eigenvalue weighted by Gasteiger charge is 2.35. The minimum absolute atomic E-state index is 0.0342. The summed E-state index contributed by atoms with van der Waals surface area (Å²) in [4.78, 5) is 54.5. The number of halogens is 5. The number of fused-ring (bicyclic) bond motifs is 1. The van der Waals surface area contributed by atoms with Crippen molar-refractivity contribution in [1.82, 2.24) is 15.1 Å². The van der Waals surface area contributed by atoms with Crippen LogP contribution in [0.1, 0.15) is 52.0 Å². The van der Waals surface area contributed by atoms with Gasteiger partial charge < -0.3 is 24.6 Å². The fraction of sp³-hybridized carbons (Fsp3) is 0.243. The predicted molar refractivity (Wildman–Crippen MR) is 178 cm³/mol. The highest BCUT2D eigenvalue weighted by molar-refractivity contribution is 5.99. The van der Waals surface area contributed by atoms with E-state index in [0.29, 0.717) is 17.7 Å². The molecule has 1 unspecified atom stereocenters. The standard InChI is InChI=1S/C37H33F5N4O6/c1-21-26-10-9-23(35(48)43-18-27-29(39)14-24(38)15-30(27)40)13-33(26)46(36(49)45(21)3)19-28-31(41)16-25(17-32(28)42)52-37(50)44(2)12-11-34(47)51-20-22-7-5-4-6-8-22/h4-10,13-17,21H,11-12,18-20H2,1-3H3,(H,43,48). The summed E-state index contributed by atoms with van der Waals surface area (Å²) >= 11 is 0.